The van der Waals surface area contributed by atoms with Crippen LogP contribution in [0.25, 0.3) is 0 Å². The zero-order chi connectivity index (χ0) is 10.5. The minimum Gasteiger partial charge on any atom is -0.342 e. The molecule has 0 aliphatic carbocycles. The third kappa shape index (κ3) is 2.72. The molecule has 0 saturated carbocycles. The Morgan fingerprint density at radius 1 is 1.47 bits per heavy atom. The summed E-state index contributed by atoms with van der Waals surface area (Å²) in [7, 11) is 0. The number of aromatic nitrogens is 2. The van der Waals surface area contributed by atoms with E-state index in [1.807, 2.05) is 6.20 Å². The van der Waals surface area contributed by atoms with E-state index in [0.29, 0.717) is 0 Å². The molecule has 2 heterocycles. The number of rotatable bonds is 5. The summed E-state index contributed by atoms with van der Waals surface area (Å²) < 4.78 is 0. The lowest BCUT2D eigenvalue weighted by Crippen LogP contribution is -2.19. The molecule has 0 atom stereocenters. The second kappa shape index (κ2) is 5.16. The number of aromatic amines is 1. The molecular weight excluding hydrogens is 188 g/mol. The van der Waals surface area contributed by atoms with E-state index < -0.39 is 0 Å². The largest absolute Gasteiger partial charge is 0.342 e. The van der Waals surface area contributed by atoms with Gasteiger partial charge in [-0.1, -0.05) is 6.92 Å². The molecule has 1 aromatic heterocycles. The normalized spacial score (nSPS) is 16.2. The lowest BCUT2D eigenvalue weighted by Gasteiger charge is -2.12. The minimum absolute atomic E-state index is 0.898. The average Bonchev–Trinajstić information content (AvgIpc) is 2.87. The van der Waals surface area contributed by atoms with Gasteiger partial charge in [-0.3, -0.25) is 0 Å². The van der Waals surface area contributed by atoms with Gasteiger partial charge in [0.2, 0.25) is 5.95 Å². The van der Waals surface area contributed by atoms with Crippen LogP contribution in [0.4, 0.5) is 5.95 Å². The van der Waals surface area contributed by atoms with E-state index in [-0.39, 0.29) is 0 Å². The summed E-state index contributed by atoms with van der Waals surface area (Å²) in [5, 5.41) is 3.37. The van der Waals surface area contributed by atoms with Gasteiger partial charge in [-0.25, -0.2) is 4.98 Å². The second-order valence-corrected chi connectivity index (χ2v) is 4.10. The topological polar surface area (TPSA) is 44.0 Å². The Balaban J connectivity index is 1.86. The van der Waals surface area contributed by atoms with Crippen molar-refractivity contribution in [2.24, 2.45) is 0 Å². The van der Waals surface area contributed by atoms with Gasteiger partial charge in [-0.05, 0) is 25.8 Å². The van der Waals surface area contributed by atoms with Gasteiger partial charge in [0.15, 0.2) is 0 Å². The number of imidazole rings is 1. The summed E-state index contributed by atoms with van der Waals surface area (Å²) in [5.74, 6) is 1.04. The van der Waals surface area contributed by atoms with E-state index >= 15 is 0 Å². The van der Waals surface area contributed by atoms with Crippen LogP contribution in [0.2, 0.25) is 0 Å². The van der Waals surface area contributed by atoms with Crippen molar-refractivity contribution in [3.63, 3.8) is 0 Å². The van der Waals surface area contributed by atoms with Gasteiger partial charge in [-0.2, -0.15) is 0 Å². The van der Waals surface area contributed by atoms with Gasteiger partial charge < -0.3 is 15.2 Å². The first-order valence-electron chi connectivity index (χ1n) is 5.89. The molecule has 0 amide bonds. The summed E-state index contributed by atoms with van der Waals surface area (Å²) in [6.07, 6.45) is 5.71. The quantitative estimate of drug-likeness (QED) is 0.721. The van der Waals surface area contributed by atoms with Gasteiger partial charge >= 0.3 is 0 Å². The van der Waals surface area contributed by atoms with Gasteiger partial charge in [-0.15, -0.1) is 0 Å². The van der Waals surface area contributed by atoms with Crippen LogP contribution < -0.4 is 10.2 Å². The fourth-order valence-electron chi connectivity index (χ4n) is 1.93. The summed E-state index contributed by atoms with van der Waals surface area (Å²) in [6.45, 7) is 6.44. The SMILES string of the molecule is CCCNCc1cnc(N2CCCC2)[nH]1. The molecule has 1 aromatic rings. The molecule has 1 aliphatic rings. The van der Waals surface area contributed by atoms with Crippen molar-refractivity contribution in [3.05, 3.63) is 11.9 Å². The van der Waals surface area contributed by atoms with Gasteiger partial charge in [0.1, 0.15) is 0 Å². The van der Waals surface area contributed by atoms with Gasteiger partial charge in [0, 0.05) is 19.6 Å². The van der Waals surface area contributed by atoms with Crippen molar-refractivity contribution in [1.29, 1.82) is 0 Å². The third-order valence-electron chi connectivity index (χ3n) is 2.76. The highest BCUT2D eigenvalue weighted by Crippen LogP contribution is 2.15. The Morgan fingerprint density at radius 3 is 3.00 bits per heavy atom. The third-order valence-corrected chi connectivity index (χ3v) is 2.76. The maximum Gasteiger partial charge on any atom is 0.202 e. The van der Waals surface area contributed by atoms with Gasteiger partial charge in [0.05, 0.1) is 11.9 Å². The van der Waals surface area contributed by atoms with Crippen LogP contribution >= 0.6 is 0 Å². The molecule has 1 aliphatic heterocycles. The monoisotopic (exact) mass is 208 g/mol. The maximum absolute atomic E-state index is 4.41. The van der Waals surface area contributed by atoms with E-state index in [1.165, 1.54) is 25.0 Å². The van der Waals surface area contributed by atoms with E-state index in [9.17, 15) is 0 Å². The zero-order valence-corrected chi connectivity index (χ0v) is 9.42. The molecule has 1 saturated heterocycles. The van der Waals surface area contributed by atoms with Crippen molar-refractivity contribution in [2.45, 2.75) is 32.7 Å². The number of anilines is 1. The first kappa shape index (κ1) is 10.5. The number of hydrogen-bond acceptors (Lipinski definition) is 3. The Kier molecular flexibility index (Phi) is 3.61. The molecule has 0 aromatic carbocycles. The van der Waals surface area contributed by atoms with Crippen LogP contribution in [0.5, 0.6) is 0 Å². The molecule has 0 bridgehead atoms. The first-order valence-corrected chi connectivity index (χ1v) is 5.89. The molecule has 4 heteroatoms. The summed E-state index contributed by atoms with van der Waals surface area (Å²) in [4.78, 5) is 10.1. The summed E-state index contributed by atoms with van der Waals surface area (Å²) in [6, 6.07) is 0. The molecule has 84 valence electrons. The molecule has 0 spiro atoms. The molecular formula is C11H20N4. The Labute approximate surface area is 91.1 Å². The summed E-state index contributed by atoms with van der Waals surface area (Å²) >= 11 is 0. The average molecular weight is 208 g/mol. The lowest BCUT2D eigenvalue weighted by molar-refractivity contribution is 0.666. The van der Waals surface area contributed by atoms with E-state index in [0.717, 1.165) is 32.1 Å². The van der Waals surface area contributed by atoms with Crippen molar-refractivity contribution >= 4 is 5.95 Å². The molecule has 0 radical (unpaired) electrons. The zero-order valence-electron chi connectivity index (χ0n) is 9.42. The standard InChI is InChI=1S/C11H20N4/c1-2-5-12-8-10-9-13-11(14-10)15-6-3-4-7-15/h9,12H,2-8H2,1H3,(H,13,14). The van der Waals surface area contributed by atoms with Crippen LogP contribution in [-0.2, 0) is 6.54 Å². The van der Waals surface area contributed by atoms with Crippen LogP contribution in [-0.4, -0.2) is 29.6 Å². The highest BCUT2D eigenvalue weighted by atomic mass is 15.3. The molecule has 1 fully saturated rings. The molecule has 2 rings (SSSR count). The van der Waals surface area contributed by atoms with E-state index in [4.69, 9.17) is 0 Å². The minimum atomic E-state index is 0.898. The maximum atomic E-state index is 4.41. The summed E-state index contributed by atoms with van der Waals surface area (Å²) in [5.41, 5.74) is 1.19. The highest BCUT2D eigenvalue weighted by Gasteiger charge is 2.14. The first-order chi connectivity index (χ1) is 7.40. The van der Waals surface area contributed by atoms with E-state index in [2.05, 4.69) is 27.1 Å². The number of hydrogen-bond donors (Lipinski definition) is 2. The lowest BCUT2D eigenvalue weighted by atomic mass is 10.4. The smallest absolute Gasteiger partial charge is 0.202 e. The fourth-order valence-corrected chi connectivity index (χ4v) is 1.93. The highest BCUT2D eigenvalue weighted by molar-refractivity contribution is 5.32. The molecule has 4 nitrogen and oxygen atoms in total. The van der Waals surface area contributed by atoms with Crippen molar-refractivity contribution in [1.82, 2.24) is 15.3 Å². The van der Waals surface area contributed by atoms with Crippen molar-refractivity contribution < 1.29 is 0 Å². The van der Waals surface area contributed by atoms with Crippen LogP contribution in [0.3, 0.4) is 0 Å². The predicted octanol–water partition coefficient (Wildman–Crippen LogP) is 1.51. The van der Waals surface area contributed by atoms with Crippen LogP contribution in [0, 0.1) is 0 Å². The second-order valence-electron chi connectivity index (χ2n) is 4.10. The molecule has 2 N–H and O–H groups in total. The predicted molar refractivity (Wildman–Crippen MR) is 62.0 cm³/mol. The van der Waals surface area contributed by atoms with E-state index in [1.54, 1.807) is 0 Å². The number of H-pyrrole nitrogens is 1. The molecule has 15 heavy (non-hydrogen) atoms. The number of nitrogens with zero attached hydrogens (tertiary/aromatic N) is 2. The Hall–Kier alpha value is -1.03. The van der Waals surface area contributed by atoms with Crippen molar-refractivity contribution in [3.8, 4) is 0 Å². The van der Waals surface area contributed by atoms with Gasteiger partial charge in [0.25, 0.3) is 0 Å². The van der Waals surface area contributed by atoms with Crippen LogP contribution in [0.15, 0.2) is 6.20 Å². The van der Waals surface area contributed by atoms with Crippen LogP contribution in [0.1, 0.15) is 31.9 Å². The fraction of sp³-hybridized carbons (Fsp3) is 0.727. The van der Waals surface area contributed by atoms with Crippen molar-refractivity contribution in [2.75, 3.05) is 24.5 Å². The number of nitrogens with one attached hydrogen (secondary N) is 2. The Morgan fingerprint density at radius 2 is 2.27 bits per heavy atom. The molecule has 0 unspecified atom stereocenters. The Bertz CT molecular complexity index is 289.